The van der Waals surface area contributed by atoms with Crippen molar-refractivity contribution in [1.82, 2.24) is 10.2 Å². The Morgan fingerprint density at radius 1 is 1.09 bits per heavy atom. The molecule has 0 fully saturated rings. The first-order chi connectivity index (χ1) is 10.6. The lowest BCUT2D eigenvalue weighted by Crippen LogP contribution is -2.41. The maximum absolute atomic E-state index is 12.2. The first-order valence-corrected chi connectivity index (χ1v) is 7.91. The number of para-hydroxylation sites is 1. The lowest BCUT2D eigenvalue weighted by atomic mass is 10.2. The number of nitrogens with zero attached hydrogens (tertiary/aromatic N) is 1. The molecule has 22 heavy (non-hydrogen) atoms. The van der Waals surface area contributed by atoms with Crippen LogP contribution >= 0.6 is 0 Å². The molecule has 0 saturated heterocycles. The zero-order valence-electron chi connectivity index (χ0n) is 13.7. The molecule has 0 aromatic heterocycles. The molecule has 5 nitrogen and oxygen atoms in total. The maximum Gasteiger partial charge on any atom is 0.255 e. The Kier molecular flexibility index (Phi) is 8.04. The van der Waals surface area contributed by atoms with E-state index in [1.54, 1.807) is 23.1 Å². The first-order valence-electron chi connectivity index (χ1n) is 7.91. The van der Waals surface area contributed by atoms with Crippen molar-refractivity contribution in [2.24, 2.45) is 0 Å². The highest BCUT2D eigenvalue weighted by Gasteiger charge is 2.15. The van der Waals surface area contributed by atoms with Crippen LogP contribution in [0.25, 0.3) is 0 Å². The third-order valence-electron chi connectivity index (χ3n) is 3.17. The Morgan fingerprint density at radius 3 is 2.32 bits per heavy atom. The van der Waals surface area contributed by atoms with Gasteiger partial charge in [0.25, 0.3) is 5.91 Å². The van der Waals surface area contributed by atoms with Crippen molar-refractivity contribution in [3.63, 3.8) is 0 Å². The van der Waals surface area contributed by atoms with Crippen LogP contribution in [0.4, 0.5) is 0 Å². The van der Waals surface area contributed by atoms with Crippen molar-refractivity contribution in [3.05, 3.63) is 29.8 Å². The average Bonchev–Trinajstić information content (AvgIpc) is 2.53. The second-order valence-electron chi connectivity index (χ2n) is 4.99. The molecule has 0 heterocycles. The molecule has 0 spiro atoms. The molecule has 0 aliphatic heterocycles. The van der Waals surface area contributed by atoms with Crippen molar-refractivity contribution >= 4 is 11.8 Å². The zero-order valence-corrected chi connectivity index (χ0v) is 13.7. The van der Waals surface area contributed by atoms with Gasteiger partial charge < -0.3 is 15.0 Å². The van der Waals surface area contributed by atoms with Crippen LogP contribution in [0.2, 0.25) is 0 Å². The molecule has 1 aromatic carbocycles. The molecule has 5 heteroatoms. The third-order valence-corrected chi connectivity index (χ3v) is 3.17. The summed E-state index contributed by atoms with van der Waals surface area (Å²) in [6.07, 6.45) is 1.82. The fourth-order valence-electron chi connectivity index (χ4n) is 2.20. The number of carbonyl (C=O) groups is 2. The molecule has 0 aliphatic rings. The van der Waals surface area contributed by atoms with E-state index >= 15 is 0 Å². The largest absolute Gasteiger partial charge is 0.493 e. The Balaban J connectivity index is 2.63. The van der Waals surface area contributed by atoms with E-state index in [0.717, 1.165) is 25.9 Å². The van der Waals surface area contributed by atoms with Gasteiger partial charge in [-0.1, -0.05) is 26.0 Å². The van der Waals surface area contributed by atoms with Crippen LogP contribution in [0, 0.1) is 0 Å². The predicted octanol–water partition coefficient (Wildman–Crippen LogP) is 2.46. The predicted molar refractivity (Wildman–Crippen MR) is 87.1 cm³/mol. The smallest absolute Gasteiger partial charge is 0.255 e. The van der Waals surface area contributed by atoms with E-state index in [2.05, 4.69) is 5.32 Å². The summed E-state index contributed by atoms with van der Waals surface area (Å²) in [5.74, 6) is 0.199. The summed E-state index contributed by atoms with van der Waals surface area (Å²) >= 11 is 0. The van der Waals surface area contributed by atoms with Gasteiger partial charge >= 0.3 is 0 Å². The summed E-state index contributed by atoms with van der Waals surface area (Å²) in [4.78, 5) is 26.2. The summed E-state index contributed by atoms with van der Waals surface area (Å²) in [6.45, 7) is 7.88. The van der Waals surface area contributed by atoms with Gasteiger partial charge in [0.05, 0.1) is 18.7 Å². The van der Waals surface area contributed by atoms with Crippen LogP contribution in [0.1, 0.15) is 44.0 Å². The number of ether oxygens (including phenoxy) is 1. The van der Waals surface area contributed by atoms with Crippen LogP contribution in [-0.2, 0) is 4.79 Å². The van der Waals surface area contributed by atoms with Crippen molar-refractivity contribution in [2.75, 3.05) is 26.2 Å². The molecule has 1 rings (SSSR count). The quantitative estimate of drug-likeness (QED) is 0.762. The molecular formula is C17H26N2O3. The SMILES string of the molecule is CCCN(CCC)C(=O)CNC(=O)c1ccccc1OCC. The molecule has 0 atom stereocenters. The summed E-state index contributed by atoms with van der Waals surface area (Å²) < 4.78 is 5.43. The standard InChI is InChI=1S/C17H26N2O3/c1-4-11-19(12-5-2)16(20)13-18-17(21)14-9-7-8-10-15(14)22-6-3/h7-10H,4-6,11-13H2,1-3H3,(H,18,21). The molecule has 1 aromatic rings. The number of carbonyl (C=O) groups excluding carboxylic acids is 2. The minimum absolute atomic E-state index is 0.0132. The van der Waals surface area contributed by atoms with Gasteiger partial charge in [-0.3, -0.25) is 9.59 Å². The number of amides is 2. The molecular weight excluding hydrogens is 280 g/mol. The zero-order chi connectivity index (χ0) is 16.4. The van der Waals surface area contributed by atoms with Gasteiger partial charge in [-0.2, -0.15) is 0 Å². The second-order valence-corrected chi connectivity index (χ2v) is 4.99. The average molecular weight is 306 g/mol. The minimum Gasteiger partial charge on any atom is -0.493 e. The van der Waals surface area contributed by atoms with Gasteiger partial charge in [0, 0.05) is 13.1 Å². The van der Waals surface area contributed by atoms with Crippen LogP contribution in [0.5, 0.6) is 5.75 Å². The fraction of sp³-hybridized carbons (Fsp3) is 0.529. The Labute approximate surface area is 132 Å². The van der Waals surface area contributed by atoms with E-state index in [9.17, 15) is 9.59 Å². The van der Waals surface area contributed by atoms with Gasteiger partial charge in [-0.05, 0) is 31.9 Å². The normalized spacial score (nSPS) is 10.1. The molecule has 0 radical (unpaired) electrons. The van der Waals surface area contributed by atoms with Gasteiger partial charge in [-0.25, -0.2) is 0 Å². The number of hydrogen-bond acceptors (Lipinski definition) is 3. The Hall–Kier alpha value is -2.04. The van der Waals surface area contributed by atoms with Crippen molar-refractivity contribution in [2.45, 2.75) is 33.6 Å². The van der Waals surface area contributed by atoms with Gasteiger partial charge in [0.1, 0.15) is 5.75 Å². The molecule has 0 bridgehead atoms. The van der Waals surface area contributed by atoms with Crippen molar-refractivity contribution < 1.29 is 14.3 Å². The number of rotatable bonds is 9. The molecule has 0 unspecified atom stereocenters. The summed E-state index contributed by atoms with van der Waals surface area (Å²) in [5, 5.41) is 2.68. The van der Waals surface area contributed by atoms with Gasteiger partial charge in [0.2, 0.25) is 5.91 Å². The number of hydrogen-bond donors (Lipinski definition) is 1. The molecule has 0 saturated carbocycles. The molecule has 1 N–H and O–H groups in total. The van der Waals surface area contributed by atoms with Crippen LogP contribution in [-0.4, -0.2) is 43.0 Å². The summed E-state index contributed by atoms with van der Waals surface area (Å²) in [5.41, 5.74) is 0.453. The van der Waals surface area contributed by atoms with E-state index in [4.69, 9.17) is 4.74 Å². The molecule has 2 amide bonds. The highest BCUT2D eigenvalue weighted by molar-refractivity contribution is 5.98. The van der Waals surface area contributed by atoms with Crippen LogP contribution in [0.15, 0.2) is 24.3 Å². The lowest BCUT2D eigenvalue weighted by molar-refractivity contribution is -0.130. The van der Waals surface area contributed by atoms with Crippen molar-refractivity contribution in [1.29, 1.82) is 0 Å². The fourth-order valence-corrected chi connectivity index (χ4v) is 2.20. The van der Waals surface area contributed by atoms with E-state index in [0.29, 0.717) is 17.9 Å². The topological polar surface area (TPSA) is 58.6 Å². The maximum atomic E-state index is 12.2. The molecule has 122 valence electrons. The Morgan fingerprint density at radius 2 is 1.73 bits per heavy atom. The lowest BCUT2D eigenvalue weighted by Gasteiger charge is -2.21. The highest BCUT2D eigenvalue weighted by Crippen LogP contribution is 2.17. The molecule has 0 aliphatic carbocycles. The summed E-state index contributed by atoms with van der Waals surface area (Å²) in [6, 6.07) is 7.04. The number of nitrogens with one attached hydrogen (secondary N) is 1. The van der Waals surface area contributed by atoms with Gasteiger partial charge in [0.15, 0.2) is 0 Å². The second kappa shape index (κ2) is 9.82. The van der Waals surface area contributed by atoms with Crippen LogP contribution < -0.4 is 10.1 Å². The van der Waals surface area contributed by atoms with E-state index in [1.807, 2.05) is 26.8 Å². The van der Waals surface area contributed by atoms with E-state index in [-0.39, 0.29) is 18.4 Å². The van der Waals surface area contributed by atoms with Crippen molar-refractivity contribution in [3.8, 4) is 5.75 Å². The third kappa shape index (κ3) is 5.39. The van der Waals surface area contributed by atoms with Crippen LogP contribution in [0.3, 0.4) is 0 Å². The van der Waals surface area contributed by atoms with E-state index < -0.39 is 0 Å². The first kappa shape index (κ1) is 18.0. The minimum atomic E-state index is -0.287. The Bertz CT molecular complexity index is 483. The highest BCUT2D eigenvalue weighted by atomic mass is 16.5. The number of benzene rings is 1. The summed E-state index contributed by atoms with van der Waals surface area (Å²) in [7, 11) is 0. The monoisotopic (exact) mass is 306 g/mol. The van der Waals surface area contributed by atoms with Gasteiger partial charge in [-0.15, -0.1) is 0 Å². The van der Waals surface area contributed by atoms with E-state index in [1.165, 1.54) is 0 Å².